The zero-order chi connectivity index (χ0) is 30.0. The van der Waals surface area contributed by atoms with Crippen LogP contribution >= 0.6 is 0 Å². The number of carboxylic acids is 2. The third-order valence-corrected chi connectivity index (χ3v) is 5.99. The van der Waals surface area contributed by atoms with E-state index in [1.807, 2.05) is 0 Å². The van der Waals surface area contributed by atoms with E-state index in [4.69, 9.17) is 10.2 Å². The van der Waals surface area contributed by atoms with E-state index in [2.05, 4.69) is 20.8 Å². The first-order valence-electron chi connectivity index (χ1n) is 12.1. The molecule has 6 N–H and O–H groups in total. The van der Waals surface area contributed by atoms with Gasteiger partial charge in [-0.2, -0.15) is 9.36 Å². The van der Waals surface area contributed by atoms with Gasteiger partial charge in [-0.15, -0.1) is 10.2 Å². The molecule has 5 rings (SSSR count). The number of carbonyl (C=O) groups excluding carboxylic acids is 2. The Labute approximate surface area is 235 Å². The van der Waals surface area contributed by atoms with Crippen molar-refractivity contribution >= 4 is 35.4 Å². The number of hydrogen-bond donors (Lipinski definition) is 6. The van der Waals surface area contributed by atoms with Crippen LogP contribution in [0.5, 0.6) is 11.8 Å². The Bertz CT molecular complexity index is 1690. The number of rotatable bonds is 8. The van der Waals surface area contributed by atoms with Crippen LogP contribution in [0.25, 0.3) is 11.4 Å². The standard InChI is InChI=1S/C28H20N6O8/c35-23-13-21(31-33(23)19-9-5-17(6-10-19)27(39)40)29-25(37)15-1-2-16(4-3-15)26(38)30-22-14-24(36)34(32-22)20-11-7-18(8-12-20)28(41)42/h1-14,35-36H,(H,39,40)(H,41,42)(H,29,31,37)(H,30,32,38). The quantitative estimate of drug-likeness (QED) is 0.161. The third kappa shape index (κ3) is 5.62. The van der Waals surface area contributed by atoms with Gasteiger partial charge in [-0.1, -0.05) is 0 Å². The molecule has 14 nitrogen and oxygen atoms in total. The van der Waals surface area contributed by atoms with Crippen LogP contribution in [-0.2, 0) is 0 Å². The van der Waals surface area contributed by atoms with E-state index in [0.717, 1.165) is 9.36 Å². The Balaban J connectivity index is 1.23. The Morgan fingerprint density at radius 3 is 1.14 bits per heavy atom. The molecule has 0 atom stereocenters. The highest BCUT2D eigenvalue weighted by molar-refractivity contribution is 6.06. The van der Waals surface area contributed by atoms with E-state index in [1.54, 1.807) is 0 Å². The number of anilines is 2. The molecule has 0 fully saturated rings. The summed E-state index contributed by atoms with van der Waals surface area (Å²) in [5.41, 5.74) is 1.27. The van der Waals surface area contributed by atoms with Gasteiger partial charge < -0.3 is 31.1 Å². The molecule has 0 spiro atoms. The van der Waals surface area contributed by atoms with Gasteiger partial charge in [0.15, 0.2) is 11.6 Å². The lowest BCUT2D eigenvalue weighted by atomic mass is 10.1. The average Bonchev–Trinajstić information content (AvgIpc) is 3.53. The zero-order valence-electron chi connectivity index (χ0n) is 21.3. The van der Waals surface area contributed by atoms with Crippen molar-refractivity contribution in [2.45, 2.75) is 0 Å². The summed E-state index contributed by atoms with van der Waals surface area (Å²) in [4.78, 5) is 47.5. The van der Waals surface area contributed by atoms with E-state index in [-0.39, 0.29) is 45.6 Å². The molecule has 0 unspecified atom stereocenters. The van der Waals surface area contributed by atoms with Crippen molar-refractivity contribution in [3.63, 3.8) is 0 Å². The number of nitrogens with zero attached hydrogens (tertiary/aromatic N) is 4. The molecule has 3 aromatic carbocycles. The number of nitrogens with one attached hydrogen (secondary N) is 2. The van der Waals surface area contributed by atoms with Gasteiger partial charge in [0.2, 0.25) is 11.8 Å². The molecule has 2 aromatic heterocycles. The van der Waals surface area contributed by atoms with Crippen molar-refractivity contribution in [3.05, 3.63) is 107 Å². The van der Waals surface area contributed by atoms with Gasteiger partial charge in [-0.3, -0.25) is 9.59 Å². The van der Waals surface area contributed by atoms with Crippen LogP contribution in [0.2, 0.25) is 0 Å². The Morgan fingerprint density at radius 2 is 0.833 bits per heavy atom. The van der Waals surface area contributed by atoms with Crippen molar-refractivity contribution in [3.8, 4) is 23.1 Å². The molecular weight excluding hydrogens is 548 g/mol. The Kier molecular flexibility index (Phi) is 7.09. The number of aromatic carboxylic acids is 2. The van der Waals surface area contributed by atoms with E-state index in [0.29, 0.717) is 11.4 Å². The predicted octanol–water partition coefficient (Wildman–Crippen LogP) is 3.37. The monoisotopic (exact) mass is 568 g/mol. The largest absolute Gasteiger partial charge is 0.493 e. The van der Waals surface area contributed by atoms with Crippen molar-refractivity contribution < 1.29 is 39.6 Å². The van der Waals surface area contributed by atoms with Gasteiger partial charge in [0.05, 0.1) is 22.5 Å². The van der Waals surface area contributed by atoms with Crippen LogP contribution in [0.15, 0.2) is 84.9 Å². The molecule has 2 heterocycles. The van der Waals surface area contributed by atoms with Gasteiger partial charge in [-0.05, 0) is 72.8 Å². The van der Waals surface area contributed by atoms with E-state index < -0.39 is 23.8 Å². The first kappa shape index (κ1) is 27.1. The van der Waals surface area contributed by atoms with Crippen LogP contribution in [-0.4, -0.2) is 63.7 Å². The second kappa shape index (κ2) is 11.0. The van der Waals surface area contributed by atoms with Gasteiger partial charge in [0.25, 0.3) is 11.8 Å². The summed E-state index contributed by atoms with van der Waals surface area (Å²) in [6.45, 7) is 0. The summed E-state index contributed by atoms with van der Waals surface area (Å²) < 4.78 is 2.25. The fourth-order valence-corrected chi connectivity index (χ4v) is 3.89. The minimum atomic E-state index is -1.10. The molecule has 0 bridgehead atoms. The molecule has 210 valence electrons. The van der Waals surface area contributed by atoms with Crippen molar-refractivity contribution in [1.82, 2.24) is 19.6 Å². The lowest BCUT2D eigenvalue weighted by Gasteiger charge is -2.05. The van der Waals surface area contributed by atoms with Crippen LogP contribution in [0.1, 0.15) is 41.4 Å². The molecule has 14 heteroatoms. The van der Waals surface area contributed by atoms with Crippen LogP contribution in [0.4, 0.5) is 11.6 Å². The summed E-state index contributed by atoms with van der Waals surface area (Å²) in [6, 6.07) is 19.3. The lowest BCUT2D eigenvalue weighted by molar-refractivity contribution is 0.0686. The number of carboxylic acid groups (broad SMARTS) is 2. The highest BCUT2D eigenvalue weighted by Crippen LogP contribution is 2.23. The van der Waals surface area contributed by atoms with E-state index in [1.165, 1.54) is 84.9 Å². The number of aromatic hydroxyl groups is 2. The molecule has 5 aromatic rings. The molecule has 2 amide bonds. The molecular formula is C28H20N6O8. The maximum atomic E-state index is 12.7. The summed E-state index contributed by atoms with van der Waals surface area (Å²) in [6.07, 6.45) is 0. The van der Waals surface area contributed by atoms with Crippen LogP contribution in [0, 0.1) is 0 Å². The minimum absolute atomic E-state index is 0.0367. The van der Waals surface area contributed by atoms with Crippen LogP contribution < -0.4 is 10.6 Å². The Morgan fingerprint density at radius 1 is 0.524 bits per heavy atom. The number of aromatic nitrogens is 4. The predicted molar refractivity (Wildman–Crippen MR) is 147 cm³/mol. The second-order valence-electron chi connectivity index (χ2n) is 8.79. The lowest BCUT2D eigenvalue weighted by Crippen LogP contribution is -2.15. The van der Waals surface area contributed by atoms with Gasteiger partial charge in [-0.25, -0.2) is 9.59 Å². The topological polar surface area (TPSA) is 209 Å². The molecule has 0 saturated carbocycles. The fourth-order valence-electron chi connectivity index (χ4n) is 3.89. The first-order valence-corrected chi connectivity index (χ1v) is 12.1. The number of hydrogen-bond acceptors (Lipinski definition) is 8. The normalized spacial score (nSPS) is 10.7. The second-order valence-corrected chi connectivity index (χ2v) is 8.79. The highest BCUT2D eigenvalue weighted by atomic mass is 16.4. The van der Waals surface area contributed by atoms with Gasteiger partial charge in [0.1, 0.15) is 0 Å². The fraction of sp³-hybridized carbons (Fsp3) is 0. The minimum Gasteiger partial charge on any atom is -0.493 e. The van der Waals surface area contributed by atoms with Crippen molar-refractivity contribution in [2.24, 2.45) is 0 Å². The summed E-state index contributed by atoms with van der Waals surface area (Å²) in [5.74, 6) is -3.82. The highest BCUT2D eigenvalue weighted by Gasteiger charge is 2.16. The van der Waals surface area contributed by atoms with Crippen molar-refractivity contribution in [1.29, 1.82) is 0 Å². The zero-order valence-corrected chi connectivity index (χ0v) is 21.3. The number of benzene rings is 3. The summed E-state index contributed by atoms with van der Waals surface area (Å²) in [7, 11) is 0. The molecule has 0 aliphatic rings. The van der Waals surface area contributed by atoms with Crippen LogP contribution in [0.3, 0.4) is 0 Å². The summed E-state index contributed by atoms with van der Waals surface area (Å²) in [5, 5.41) is 51.8. The SMILES string of the molecule is O=C(O)c1ccc(-n2nc(NC(=O)c3ccc(C(=O)Nc4cc(O)n(-c5ccc(C(=O)O)cc5)n4)cc3)cc2O)cc1. The average molecular weight is 569 g/mol. The number of carbonyl (C=O) groups is 4. The first-order chi connectivity index (χ1) is 20.1. The summed E-state index contributed by atoms with van der Waals surface area (Å²) >= 11 is 0. The van der Waals surface area contributed by atoms with Gasteiger partial charge >= 0.3 is 11.9 Å². The molecule has 0 aliphatic carbocycles. The molecule has 0 saturated heterocycles. The van der Waals surface area contributed by atoms with E-state index >= 15 is 0 Å². The van der Waals surface area contributed by atoms with Crippen molar-refractivity contribution in [2.75, 3.05) is 10.6 Å². The smallest absolute Gasteiger partial charge is 0.335 e. The molecule has 42 heavy (non-hydrogen) atoms. The van der Waals surface area contributed by atoms with E-state index in [9.17, 15) is 29.4 Å². The number of amides is 2. The Hall–Kier alpha value is -6.44. The molecule has 0 aliphatic heterocycles. The third-order valence-electron chi connectivity index (χ3n) is 5.99. The van der Waals surface area contributed by atoms with Gasteiger partial charge in [0, 0.05) is 23.3 Å². The molecule has 0 radical (unpaired) electrons. The maximum Gasteiger partial charge on any atom is 0.335 e. The maximum absolute atomic E-state index is 12.7.